The van der Waals surface area contributed by atoms with Gasteiger partial charge in [0.15, 0.2) is 0 Å². The monoisotopic (exact) mass is 427 g/mol. The van der Waals surface area contributed by atoms with E-state index >= 15 is 0 Å². The molecule has 3 N–H and O–H groups in total. The van der Waals surface area contributed by atoms with Crippen LogP contribution in [0.5, 0.6) is 0 Å². The van der Waals surface area contributed by atoms with Gasteiger partial charge in [-0.05, 0) is 66.9 Å². The second-order valence-electron chi connectivity index (χ2n) is 8.93. The Bertz CT molecular complexity index is 937. The zero-order valence-corrected chi connectivity index (χ0v) is 17.9. The summed E-state index contributed by atoms with van der Waals surface area (Å²) in [4.78, 5) is 39.1. The van der Waals surface area contributed by atoms with Crippen LogP contribution < -0.4 is 10.8 Å². The van der Waals surface area contributed by atoms with Gasteiger partial charge in [0.25, 0.3) is 0 Å². The van der Waals surface area contributed by atoms with Gasteiger partial charge in [-0.25, -0.2) is 10.3 Å². The number of nitrogens with one attached hydrogen (secondary N) is 2. The van der Waals surface area contributed by atoms with Crippen LogP contribution in [0.3, 0.4) is 0 Å². The number of rotatable bonds is 4. The summed E-state index contributed by atoms with van der Waals surface area (Å²) >= 11 is 0. The molecule has 0 unspecified atom stereocenters. The Balaban J connectivity index is 1.48. The van der Waals surface area contributed by atoms with Crippen molar-refractivity contribution in [2.45, 2.75) is 38.6 Å². The van der Waals surface area contributed by atoms with Crippen LogP contribution in [-0.4, -0.2) is 60.7 Å². The van der Waals surface area contributed by atoms with Crippen molar-refractivity contribution in [2.24, 2.45) is 11.3 Å². The van der Waals surface area contributed by atoms with Gasteiger partial charge in [-0.2, -0.15) is 0 Å². The molecule has 2 heterocycles. The Morgan fingerprint density at radius 2 is 2.06 bits per heavy atom. The van der Waals surface area contributed by atoms with Crippen molar-refractivity contribution in [1.29, 1.82) is 0 Å². The lowest BCUT2D eigenvalue weighted by atomic mass is 9.81. The molecule has 1 aliphatic carbocycles. The lowest BCUT2D eigenvalue weighted by Gasteiger charge is -2.38. The normalized spacial score (nSPS) is 24.4. The minimum Gasteiger partial charge on any atom is -0.465 e. The van der Waals surface area contributed by atoms with Crippen molar-refractivity contribution < 1.29 is 24.3 Å². The van der Waals surface area contributed by atoms with Crippen LogP contribution in [0.25, 0.3) is 5.57 Å². The molecule has 2 aliphatic heterocycles. The zero-order valence-electron chi connectivity index (χ0n) is 17.9. The van der Waals surface area contributed by atoms with Gasteiger partial charge in [0, 0.05) is 19.6 Å². The van der Waals surface area contributed by atoms with Gasteiger partial charge in [-0.3, -0.25) is 14.8 Å². The number of hydroxylamine groups is 1. The van der Waals surface area contributed by atoms with Crippen molar-refractivity contribution in [3.05, 3.63) is 41.0 Å². The fraction of sp³-hybridized carbons (Fsp3) is 0.522. The SMILES string of the molecule is COC(=O)c1ccc(C)c(C2=CCN(C(=O)[C@H]3NCC4(CC4)C[C@@H]3C(=O)NO)CC2)c1. The van der Waals surface area contributed by atoms with E-state index in [1.54, 1.807) is 16.4 Å². The highest BCUT2D eigenvalue weighted by molar-refractivity contribution is 5.92. The quantitative estimate of drug-likeness (QED) is 0.383. The Hall–Kier alpha value is -2.71. The summed E-state index contributed by atoms with van der Waals surface area (Å²) in [7, 11) is 1.36. The Labute approximate surface area is 181 Å². The Morgan fingerprint density at radius 3 is 2.68 bits per heavy atom. The topological polar surface area (TPSA) is 108 Å². The number of carbonyl (C=O) groups excluding carboxylic acids is 3. The van der Waals surface area contributed by atoms with E-state index in [9.17, 15) is 14.4 Å². The largest absolute Gasteiger partial charge is 0.465 e. The highest BCUT2D eigenvalue weighted by atomic mass is 16.5. The number of hydrogen-bond acceptors (Lipinski definition) is 6. The standard InChI is InChI=1S/C23H29N3O5/c1-14-3-4-16(22(29)31-2)11-17(14)15-5-9-26(10-6-15)21(28)19-18(20(27)25-30)12-23(7-8-23)13-24-19/h3-5,11,18-19,24,30H,6-10,12-13H2,1-2H3,(H,25,27)/t18-,19-/m0/s1. The number of ether oxygens (including phenoxy) is 1. The van der Waals surface area contributed by atoms with Crippen LogP contribution in [0.1, 0.15) is 47.2 Å². The molecule has 2 amide bonds. The third-order valence-electron chi connectivity index (χ3n) is 6.95. The van der Waals surface area contributed by atoms with Crippen LogP contribution in [0.4, 0.5) is 0 Å². The summed E-state index contributed by atoms with van der Waals surface area (Å²) in [5.74, 6) is -1.56. The van der Waals surface area contributed by atoms with Gasteiger partial charge in [0.05, 0.1) is 24.6 Å². The zero-order chi connectivity index (χ0) is 22.2. The van der Waals surface area contributed by atoms with Crippen LogP contribution >= 0.6 is 0 Å². The number of esters is 1. The van der Waals surface area contributed by atoms with Gasteiger partial charge in [-0.15, -0.1) is 0 Å². The summed E-state index contributed by atoms with van der Waals surface area (Å²) in [5, 5.41) is 12.4. The van der Waals surface area contributed by atoms with Crippen LogP contribution in [0, 0.1) is 18.3 Å². The van der Waals surface area contributed by atoms with Gasteiger partial charge in [0.2, 0.25) is 11.8 Å². The molecular formula is C23H29N3O5. The summed E-state index contributed by atoms with van der Waals surface area (Å²) < 4.78 is 4.82. The van der Waals surface area contributed by atoms with E-state index in [0.717, 1.165) is 36.1 Å². The first kappa shape index (κ1) is 21.5. The average Bonchev–Trinajstić information content (AvgIpc) is 3.56. The van der Waals surface area contributed by atoms with Crippen molar-refractivity contribution in [3.8, 4) is 0 Å². The van der Waals surface area contributed by atoms with E-state index in [4.69, 9.17) is 9.94 Å². The fourth-order valence-corrected chi connectivity index (χ4v) is 4.79. The average molecular weight is 428 g/mol. The maximum atomic E-state index is 13.2. The maximum Gasteiger partial charge on any atom is 0.337 e. The first-order chi connectivity index (χ1) is 14.9. The molecule has 8 nitrogen and oxygen atoms in total. The number of hydrogen-bond donors (Lipinski definition) is 3. The maximum absolute atomic E-state index is 13.2. The number of aryl methyl sites for hydroxylation is 1. The number of benzene rings is 1. The molecule has 1 spiro atoms. The Morgan fingerprint density at radius 1 is 1.29 bits per heavy atom. The molecule has 0 bridgehead atoms. The summed E-state index contributed by atoms with van der Waals surface area (Å²) in [5.41, 5.74) is 5.48. The highest BCUT2D eigenvalue weighted by Crippen LogP contribution is 2.52. The van der Waals surface area contributed by atoms with Crippen LogP contribution in [0.2, 0.25) is 0 Å². The van der Waals surface area contributed by atoms with Crippen molar-refractivity contribution in [3.63, 3.8) is 0 Å². The third-order valence-corrected chi connectivity index (χ3v) is 6.95. The summed E-state index contributed by atoms with van der Waals surface area (Å²) in [6.45, 7) is 3.69. The number of amides is 2. The molecule has 1 aromatic carbocycles. The molecule has 2 atom stereocenters. The first-order valence-electron chi connectivity index (χ1n) is 10.7. The molecule has 8 heteroatoms. The first-order valence-corrected chi connectivity index (χ1v) is 10.7. The molecule has 1 saturated carbocycles. The van der Waals surface area contributed by atoms with Crippen molar-refractivity contribution in [1.82, 2.24) is 15.7 Å². The van der Waals surface area contributed by atoms with E-state index in [1.807, 2.05) is 25.1 Å². The van der Waals surface area contributed by atoms with E-state index in [1.165, 1.54) is 7.11 Å². The predicted molar refractivity (Wildman–Crippen MR) is 113 cm³/mol. The number of methoxy groups -OCH3 is 1. The fourth-order valence-electron chi connectivity index (χ4n) is 4.79. The number of piperidine rings is 1. The number of nitrogens with zero attached hydrogens (tertiary/aromatic N) is 1. The molecule has 0 radical (unpaired) electrons. The van der Waals surface area contributed by atoms with Gasteiger partial charge >= 0.3 is 5.97 Å². The van der Waals surface area contributed by atoms with Crippen LogP contribution in [-0.2, 0) is 14.3 Å². The van der Waals surface area contributed by atoms with Crippen molar-refractivity contribution in [2.75, 3.05) is 26.7 Å². The Kier molecular flexibility index (Phi) is 5.85. The van der Waals surface area contributed by atoms with E-state index in [0.29, 0.717) is 31.5 Å². The van der Waals surface area contributed by atoms with E-state index in [-0.39, 0.29) is 17.3 Å². The predicted octanol–water partition coefficient (Wildman–Crippen LogP) is 1.66. The summed E-state index contributed by atoms with van der Waals surface area (Å²) in [6.07, 6.45) is 5.39. The highest BCUT2D eigenvalue weighted by Gasteiger charge is 2.52. The van der Waals surface area contributed by atoms with E-state index < -0.39 is 17.9 Å². The van der Waals surface area contributed by atoms with Crippen molar-refractivity contribution >= 4 is 23.4 Å². The van der Waals surface area contributed by atoms with E-state index in [2.05, 4.69) is 5.32 Å². The molecular weight excluding hydrogens is 398 g/mol. The second kappa shape index (κ2) is 8.43. The molecule has 1 aromatic rings. The molecule has 4 rings (SSSR count). The van der Waals surface area contributed by atoms with Gasteiger partial charge < -0.3 is 15.0 Å². The molecule has 31 heavy (non-hydrogen) atoms. The third kappa shape index (κ3) is 4.22. The minimum absolute atomic E-state index is 0.102. The second-order valence-corrected chi connectivity index (χ2v) is 8.93. The molecule has 166 valence electrons. The smallest absolute Gasteiger partial charge is 0.337 e. The lowest BCUT2D eigenvalue weighted by molar-refractivity contribution is -0.144. The number of carbonyl (C=O) groups is 3. The molecule has 2 fully saturated rings. The molecule has 0 aromatic heterocycles. The molecule has 1 saturated heterocycles. The molecule has 3 aliphatic rings. The van der Waals surface area contributed by atoms with Crippen LogP contribution in [0.15, 0.2) is 24.3 Å². The van der Waals surface area contributed by atoms with Gasteiger partial charge in [-0.1, -0.05) is 12.1 Å². The minimum atomic E-state index is -0.627. The van der Waals surface area contributed by atoms with Gasteiger partial charge in [0.1, 0.15) is 0 Å². The lowest BCUT2D eigenvalue weighted by Crippen LogP contribution is -2.59. The summed E-state index contributed by atoms with van der Waals surface area (Å²) in [6, 6.07) is 4.86.